The highest BCUT2D eigenvalue weighted by atomic mass is 32.1. The van der Waals surface area contributed by atoms with Crippen molar-refractivity contribution in [2.45, 2.75) is 19.9 Å². The molecule has 0 saturated carbocycles. The summed E-state index contributed by atoms with van der Waals surface area (Å²) in [6.07, 6.45) is 0.0299. The number of rotatable bonds is 8. The van der Waals surface area contributed by atoms with Crippen molar-refractivity contribution >= 4 is 23.2 Å². The molecule has 0 aliphatic heterocycles. The number of ether oxygens (including phenoxy) is 2. The van der Waals surface area contributed by atoms with E-state index < -0.39 is 5.97 Å². The van der Waals surface area contributed by atoms with Crippen LogP contribution in [0.25, 0.3) is 10.6 Å². The molecule has 0 atom stereocenters. The average molecular weight is 410 g/mol. The quantitative estimate of drug-likeness (QED) is 0.575. The van der Waals surface area contributed by atoms with E-state index in [1.807, 2.05) is 60.8 Å². The molecule has 0 unspecified atom stereocenters. The number of para-hydroxylation sites is 1. The molecule has 0 aliphatic rings. The fourth-order valence-electron chi connectivity index (χ4n) is 2.66. The van der Waals surface area contributed by atoms with E-state index in [0.29, 0.717) is 18.0 Å². The van der Waals surface area contributed by atoms with Crippen LogP contribution in [0, 0.1) is 6.92 Å². The minimum absolute atomic E-state index is 0.0299. The molecule has 0 saturated heterocycles. The summed E-state index contributed by atoms with van der Waals surface area (Å²) in [5.41, 5.74) is 3.67. The van der Waals surface area contributed by atoms with Gasteiger partial charge in [-0.05, 0) is 13.0 Å². The molecule has 0 spiro atoms. The Labute approximate surface area is 173 Å². The predicted octanol–water partition coefficient (Wildman–Crippen LogP) is 3.53. The summed E-state index contributed by atoms with van der Waals surface area (Å²) < 4.78 is 10.3. The highest BCUT2D eigenvalue weighted by Gasteiger charge is 2.12. The number of nitrogens with one attached hydrogen (secondary N) is 1. The van der Waals surface area contributed by atoms with Gasteiger partial charge in [-0.2, -0.15) is 0 Å². The number of thiazole rings is 1. The molecule has 29 heavy (non-hydrogen) atoms. The molecule has 1 N–H and O–H groups in total. The zero-order valence-electron chi connectivity index (χ0n) is 16.3. The number of nitrogens with zero attached hydrogens (tertiary/aromatic N) is 1. The third-order valence-corrected chi connectivity index (χ3v) is 5.15. The number of aromatic nitrogens is 1. The number of esters is 1. The number of amides is 1. The zero-order chi connectivity index (χ0) is 20.6. The van der Waals surface area contributed by atoms with Crippen LogP contribution in [0.4, 0.5) is 0 Å². The van der Waals surface area contributed by atoms with Gasteiger partial charge in [0, 0.05) is 23.1 Å². The first-order chi connectivity index (χ1) is 14.0. The van der Waals surface area contributed by atoms with E-state index in [0.717, 1.165) is 16.1 Å². The number of hydrogen-bond donors (Lipinski definition) is 1. The molecule has 0 aliphatic carbocycles. The van der Waals surface area contributed by atoms with Gasteiger partial charge in [0.25, 0.3) is 5.91 Å². The minimum atomic E-state index is -0.488. The van der Waals surface area contributed by atoms with E-state index in [1.165, 1.54) is 16.9 Å². The Morgan fingerprint density at radius 2 is 1.86 bits per heavy atom. The molecule has 7 heteroatoms. The lowest BCUT2D eigenvalue weighted by molar-refractivity contribution is -0.147. The number of carbonyl (C=O) groups is 2. The maximum atomic E-state index is 12.0. The SMILES string of the molecule is COc1ccccc1CNC(=O)COC(=O)Cc1csc(-c2ccc(C)cc2)n1. The smallest absolute Gasteiger partial charge is 0.312 e. The second-order valence-electron chi connectivity index (χ2n) is 6.44. The summed E-state index contributed by atoms with van der Waals surface area (Å²) in [6, 6.07) is 15.4. The van der Waals surface area contributed by atoms with Crippen LogP contribution in [0.1, 0.15) is 16.8 Å². The Morgan fingerprint density at radius 3 is 2.62 bits per heavy atom. The summed E-state index contributed by atoms with van der Waals surface area (Å²) in [5.74, 6) is -0.168. The van der Waals surface area contributed by atoms with Crippen LogP contribution in [0.5, 0.6) is 5.75 Å². The number of benzene rings is 2. The molecule has 1 amide bonds. The topological polar surface area (TPSA) is 77.5 Å². The number of aryl methyl sites for hydroxylation is 1. The molecule has 6 nitrogen and oxygen atoms in total. The largest absolute Gasteiger partial charge is 0.496 e. The second-order valence-corrected chi connectivity index (χ2v) is 7.29. The Balaban J connectivity index is 1.45. The average Bonchev–Trinajstić information content (AvgIpc) is 3.19. The highest BCUT2D eigenvalue weighted by molar-refractivity contribution is 7.13. The molecular formula is C22H22N2O4S. The van der Waals surface area contributed by atoms with Crippen LogP contribution < -0.4 is 10.1 Å². The Kier molecular flexibility index (Phi) is 6.97. The third-order valence-electron chi connectivity index (χ3n) is 4.21. The van der Waals surface area contributed by atoms with Gasteiger partial charge >= 0.3 is 5.97 Å². The van der Waals surface area contributed by atoms with Crippen molar-refractivity contribution in [2.75, 3.05) is 13.7 Å². The highest BCUT2D eigenvalue weighted by Crippen LogP contribution is 2.24. The number of methoxy groups -OCH3 is 1. The van der Waals surface area contributed by atoms with Crippen molar-refractivity contribution < 1.29 is 19.1 Å². The molecule has 3 aromatic rings. The number of hydrogen-bond acceptors (Lipinski definition) is 6. The van der Waals surface area contributed by atoms with Crippen molar-refractivity contribution in [1.29, 1.82) is 0 Å². The van der Waals surface area contributed by atoms with E-state index in [9.17, 15) is 9.59 Å². The van der Waals surface area contributed by atoms with Crippen LogP contribution in [0.3, 0.4) is 0 Å². The van der Waals surface area contributed by atoms with Gasteiger partial charge in [-0.15, -0.1) is 11.3 Å². The van der Waals surface area contributed by atoms with Gasteiger partial charge in [-0.25, -0.2) is 4.98 Å². The van der Waals surface area contributed by atoms with Crippen LogP contribution >= 0.6 is 11.3 Å². The van der Waals surface area contributed by atoms with Crippen molar-refractivity contribution in [3.63, 3.8) is 0 Å². The third kappa shape index (κ3) is 5.89. The molecule has 2 aromatic carbocycles. The van der Waals surface area contributed by atoms with E-state index in [-0.39, 0.29) is 18.9 Å². The van der Waals surface area contributed by atoms with Gasteiger partial charge in [-0.3, -0.25) is 9.59 Å². The van der Waals surface area contributed by atoms with Gasteiger partial charge in [0.2, 0.25) is 0 Å². The van der Waals surface area contributed by atoms with Crippen molar-refractivity contribution in [2.24, 2.45) is 0 Å². The summed E-state index contributed by atoms with van der Waals surface area (Å²) in [6.45, 7) is 1.99. The Bertz CT molecular complexity index is 982. The molecule has 1 heterocycles. The van der Waals surface area contributed by atoms with Crippen LogP contribution in [0.2, 0.25) is 0 Å². The summed E-state index contributed by atoms with van der Waals surface area (Å²) >= 11 is 1.47. The van der Waals surface area contributed by atoms with Crippen LogP contribution in [-0.2, 0) is 27.3 Å². The monoisotopic (exact) mass is 410 g/mol. The van der Waals surface area contributed by atoms with Crippen molar-refractivity contribution in [1.82, 2.24) is 10.3 Å². The minimum Gasteiger partial charge on any atom is -0.496 e. The molecule has 3 rings (SSSR count). The fraction of sp³-hybridized carbons (Fsp3) is 0.227. The maximum Gasteiger partial charge on any atom is 0.312 e. The van der Waals surface area contributed by atoms with Crippen LogP contribution in [0.15, 0.2) is 53.9 Å². The fourth-order valence-corrected chi connectivity index (χ4v) is 3.48. The van der Waals surface area contributed by atoms with Gasteiger partial charge in [0.1, 0.15) is 10.8 Å². The molecule has 0 bridgehead atoms. The first-order valence-electron chi connectivity index (χ1n) is 9.11. The predicted molar refractivity (Wildman–Crippen MR) is 112 cm³/mol. The normalized spacial score (nSPS) is 10.4. The van der Waals surface area contributed by atoms with Gasteiger partial charge in [0.05, 0.1) is 19.2 Å². The van der Waals surface area contributed by atoms with Gasteiger partial charge in [-0.1, -0.05) is 48.0 Å². The molecule has 150 valence electrons. The van der Waals surface area contributed by atoms with Crippen LogP contribution in [-0.4, -0.2) is 30.6 Å². The van der Waals surface area contributed by atoms with E-state index in [4.69, 9.17) is 9.47 Å². The second kappa shape index (κ2) is 9.84. The van der Waals surface area contributed by atoms with Gasteiger partial charge in [0.15, 0.2) is 6.61 Å². The van der Waals surface area contributed by atoms with Crippen molar-refractivity contribution in [3.05, 3.63) is 70.7 Å². The molecule has 0 radical (unpaired) electrons. The zero-order valence-corrected chi connectivity index (χ0v) is 17.1. The Hall–Kier alpha value is -3.19. The lowest BCUT2D eigenvalue weighted by atomic mass is 10.2. The first-order valence-corrected chi connectivity index (χ1v) is 9.99. The first kappa shape index (κ1) is 20.5. The van der Waals surface area contributed by atoms with Crippen molar-refractivity contribution in [3.8, 4) is 16.3 Å². The Morgan fingerprint density at radius 1 is 1.10 bits per heavy atom. The molecular weight excluding hydrogens is 388 g/mol. The number of carbonyl (C=O) groups excluding carboxylic acids is 2. The van der Waals surface area contributed by atoms with Gasteiger partial charge < -0.3 is 14.8 Å². The summed E-state index contributed by atoms with van der Waals surface area (Å²) in [7, 11) is 1.57. The lowest BCUT2D eigenvalue weighted by Crippen LogP contribution is -2.28. The molecule has 0 fully saturated rings. The molecule has 1 aromatic heterocycles. The summed E-state index contributed by atoms with van der Waals surface area (Å²) in [5, 5.41) is 5.39. The lowest BCUT2D eigenvalue weighted by Gasteiger charge is -2.09. The van der Waals surface area contributed by atoms with E-state index in [2.05, 4.69) is 10.3 Å². The van der Waals surface area contributed by atoms with E-state index in [1.54, 1.807) is 7.11 Å². The summed E-state index contributed by atoms with van der Waals surface area (Å²) in [4.78, 5) is 28.4. The van der Waals surface area contributed by atoms with E-state index >= 15 is 0 Å². The maximum absolute atomic E-state index is 12.0. The standard InChI is InChI=1S/C22H22N2O4S/c1-15-7-9-16(10-8-15)22-24-18(14-29-22)11-21(26)28-13-20(25)23-12-17-5-3-4-6-19(17)27-2/h3-10,14H,11-13H2,1-2H3,(H,23,25).